The summed E-state index contributed by atoms with van der Waals surface area (Å²) in [5.74, 6) is -1.75. The second kappa shape index (κ2) is 7.09. The van der Waals surface area contributed by atoms with Crippen LogP contribution in [-0.2, 0) is 0 Å². The van der Waals surface area contributed by atoms with Gasteiger partial charge in [0.15, 0.2) is 0 Å². The van der Waals surface area contributed by atoms with Crippen molar-refractivity contribution in [2.45, 2.75) is 18.9 Å². The summed E-state index contributed by atoms with van der Waals surface area (Å²) in [7, 11) is 0. The number of carboxylic acids is 1. The molecule has 0 spiro atoms. The fourth-order valence-corrected chi connectivity index (χ4v) is 3.70. The molecule has 0 radical (unpaired) electrons. The normalized spacial score (nSPS) is 17.4. The first-order chi connectivity index (χ1) is 13.9. The zero-order chi connectivity index (χ0) is 20.7. The summed E-state index contributed by atoms with van der Waals surface area (Å²) in [4.78, 5) is 30.5. The number of benzene rings is 1. The molecule has 9 nitrogen and oxygen atoms in total. The zero-order valence-electron chi connectivity index (χ0n) is 15.5. The number of aromatic nitrogens is 1. The van der Waals surface area contributed by atoms with Gasteiger partial charge in [0.25, 0.3) is 5.96 Å². The number of fused-ring (bicyclic) bond motifs is 1. The number of nitrogens with two attached hydrogens (primary N) is 1. The van der Waals surface area contributed by atoms with Crippen LogP contribution in [0.15, 0.2) is 28.2 Å². The van der Waals surface area contributed by atoms with Gasteiger partial charge in [-0.25, -0.2) is 9.18 Å². The van der Waals surface area contributed by atoms with Gasteiger partial charge in [-0.2, -0.15) is 6.57 Å². The predicted molar refractivity (Wildman–Crippen MR) is 105 cm³/mol. The molecular weight excluding hydrogens is 379 g/mol. The Kier molecular flexibility index (Phi) is 4.58. The standard InChI is InChI=1S/C19H19FN6O3/c1-22-23-19(21)25-6-4-24(5-7-25)16-9-15-12(8-14(16)20)17(27)13(18(28)29)10-26(15)11-2-3-11/h8-11H,2-7H2,(H2,21,23)(H,28,29). The molecule has 29 heavy (non-hydrogen) atoms. The second-order valence-electron chi connectivity index (χ2n) is 7.17. The number of piperazine rings is 1. The van der Waals surface area contributed by atoms with E-state index < -0.39 is 17.2 Å². The van der Waals surface area contributed by atoms with Crippen molar-refractivity contribution in [3.8, 4) is 0 Å². The molecule has 3 N–H and O–H groups in total. The summed E-state index contributed by atoms with van der Waals surface area (Å²) in [5, 5.41) is 12.9. The third-order valence-corrected chi connectivity index (χ3v) is 5.37. The molecule has 0 unspecified atom stereocenters. The minimum Gasteiger partial charge on any atom is -0.477 e. The van der Waals surface area contributed by atoms with E-state index in [-0.39, 0.29) is 23.0 Å². The molecule has 10 heteroatoms. The minimum atomic E-state index is -1.31. The van der Waals surface area contributed by atoms with E-state index in [4.69, 9.17) is 12.3 Å². The van der Waals surface area contributed by atoms with E-state index in [9.17, 15) is 19.1 Å². The van der Waals surface area contributed by atoms with Gasteiger partial charge >= 0.3 is 5.97 Å². The number of halogens is 1. The SMILES string of the molecule is [C-]#[N+]N=C(N)N1CCN(c2cc3c(cc2F)c(=O)c(C(=O)O)cn3C2CC2)CC1. The Balaban J connectivity index is 1.73. The minimum absolute atomic E-state index is 0.0742. The Morgan fingerprint density at radius 2 is 1.97 bits per heavy atom. The second-order valence-corrected chi connectivity index (χ2v) is 7.17. The fraction of sp³-hybridized carbons (Fsp3) is 0.368. The maximum Gasteiger partial charge on any atom is 0.341 e. The first-order valence-electron chi connectivity index (χ1n) is 9.22. The van der Waals surface area contributed by atoms with Crippen LogP contribution >= 0.6 is 0 Å². The van der Waals surface area contributed by atoms with Crippen LogP contribution in [0.2, 0.25) is 0 Å². The molecular formula is C19H19FN6O3. The van der Waals surface area contributed by atoms with Gasteiger partial charge in [-0.1, -0.05) is 0 Å². The molecule has 150 valence electrons. The van der Waals surface area contributed by atoms with Gasteiger partial charge in [0.05, 0.1) is 11.2 Å². The highest BCUT2D eigenvalue weighted by molar-refractivity contribution is 5.93. The molecule has 0 amide bonds. The number of nitrogens with zero attached hydrogens (tertiary/aromatic N) is 5. The molecule has 2 aliphatic rings. The molecule has 2 fully saturated rings. The number of carbonyl (C=O) groups is 1. The number of aromatic carboxylic acids is 1. The summed E-state index contributed by atoms with van der Waals surface area (Å²) in [6.07, 6.45) is 3.15. The van der Waals surface area contributed by atoms with Gasteiger partial charge in [-0.15, -0.1) is 4.95 Å². The molecule has 0 bridgehead atoms. The van der Waals surface area contributed by atoms with E-state index in [2.05, 4.69) is 10.1 Å². The van der Waals surface area contributed by atoms with Crippen molar-refractivity contribution in [3.05, 3.63) is 51.5 Å². The average molecular weight is 398 g/mol. The van der Waals surface area contributed by atoms with Crippen molar-refractivity contribution in [1.29, 1.82) is 0 Å². The van der Waals surface area contributed by atoms with Crippen molar-refractivity contribution in [1.82, 2.24) is 9.47 Å². The molecule has 1 saturated carbocycles. The van der Waals surface area contributed by atoms with Crippen LogP contribution in [0.25, 0.3) is 15.9 Å². The monoisotopic (exact) mass is 398 g/mol. The van der Waals surface area contributed by atoms with Crippen molar-refractivity contribution in [2.75, 3.05) is 31.1 Å². The van der Waals surface area contributed by atoms with Crippen molar-refractivity contribution in [3.63, 3.8) is 0 Å². The predicted octanol–water partition coefficient (Wildman–Crippen LogP) is 1.44. The lowest BCUT2D eigenvalue weighted by atomic mass is 10.1. The topological polar surface area (TPSA) is 109 Å². The summed E-state index contributed by atoms with van der Waals surface area (Å²) in [6, 6.07) is 2.89. The van der Waals surface area contributed by atoms with Crippen molar-refractivity contribution in [2.24, 2.45) is 10.8 Å². The maximum absolute atomic E-state index is 14.9. The van der Waals surface area contributed by atoms with Crippen LogP contribution < -0.4 is 16.1 Å². The van der Waals surface area contributed by atoms with E-state index in [1.165, 1.54) is 6.20 Å². The molecule has 1 aliphatic heterocycles. The Hall–Kier alpha value is -3.61. The smallest absolute Gasteiger partial charge is 0.341 e. The number of hydrogen-bond acceptors (Lipinski definition) is 4. The quantitative estimate of drug-likeness (QED) is 0.351. The van der Waals surface area contributed by atoms with Crippen LogP contribution in [0.3, 0.4) is 0 Å². The zero-order valence-corrected chi connectivity index (χ0v) is 15.5. The number of carboxylic acid groups (broad SMARTS) is 1. The highest BCUT2D eigenvalue weighted by Crippen LogP contribution is 2.38. The Labute approximate surface area is 165 Å². The molecule has 1 aromatic heterocycles. The van der Waals surface area contributed by atoms with Crippen LogP contribution in [0.5, 0.6) is 0 Å². The Morgan fingerprint density at radius 3 is 2.55 bits per heavy atom. The largest absolute Gasteiger partial charge is 0.477 e. The number of rotatable bonds is 3. The van der Waals surface area contributed by atoms with Crippen LogP contribution in [-0.4, -0.2) is 52.7 Å². The van der Waals surface area contributed by atoms with Gasteiger partial charge in [-0.3, -0.25) is 4.79 Å². The molecule has 1 aliphatic carbocycles. The third kappa shape index (κ3) is 3.35. The summed E-state index contributed by atoms with van der Waals surface area (Å²) in [5.41, 5.74) is 5.61. The van der Waals surface area contributed by atoms with Crippen LogP contribution in [0.1, 0.15) is 29.2 Å². The van der Waals surface area contributed by atoms with Gasteiger partial charge in [0.1, 0.15) is 16.5 Å². The summed E-state index contributed by atoms with van der Waals surface area (Å²) in [6.45, 7) is 8.66. The van der Waals surface area contributed by atoms with Gasteiger partial charge in [0, 0.05) is 43.8 Å². The molecule has 4 rings (SSSR count). The summed E-state index contributed by atoms with van der Waals surface area (Å²) < 4.78 is 16.7. The number of anilines is 1. The van der Waals surface area contributed by atoms with Crippen LogP contribution in [0, 0.1) is 12.4 Å². The van der Waals surface area contributed by atoms with Gasteiger partial charge < -0.3 is 25.2 Å². The highest BCUT2D eigenvalue weighted by Gasteiger charge is 2.28. The van der Waals surface area contributed by atoms with E-state index in [1.54, 1.807) is 15.5 Å². The lowest BCUT2D eigenvalue weighted by Gasteiger charge is -2.36. The molecule has 1 aromatic carbocycles. The maximum atomic E-state index is 14.9. The first kappa shape index (κ1) is 18.7. The van der Waals surface area contributed by atoms with E-state index in [1.807, 2.05) is 4.90 Å². The lowest BCUT2D eigenvalue weighted by molar-refractivity contribution is 0.0695. The third-order valence-electron chi connectivity index (χ3n) is 5.37. The van der Waals surface area contributed by atoms with E-state index in [0.29, 0.717) is 37.4 Å². The lowest BCUT2D eigenvalue weighted by Crippen LogP contribution is -2.51. The van der Waals surface area contributed by atoms with E-state index >= 15 is 0 Å². The molecule has 2 heterocycles. The average Bonchev–Trinajstić information content (AvgIpc) is 3.53. The Bertz CT molecular complexity index is 1120. The Morgan fingerprint density at radius 1 is 1.28 bits per heavy atom. The number of guanidine groups is 1. The van der Waals surface area contributed by atoms with Gasteiger partial charge in [0.2, 0.25) is 5.43 Å². The number of pyridine rings is 1. The van der Waals surface area contributed by atoms with E-state index in [0.717, 1.165) is 18.9 Å². The molecule has 1 saturated heterocycles. The fourth-order valence-electron chi connectivity index (χ4n) is 3.70. The van der Waals surface area contributed by atoms with Crippen molar-refractivity contribution >= 4 is 28.5 Å². The highest BCUT2D eigenvalue weighted by atomic mass is 19.1. The van der Waals surface area contributed by atoms with Crippen molar-refractivity contribution < 1.29 is 14.3 Å². The van der Waals surface area contributed by atoms with Crippen LogP contribution in [0.4, 0.5) is 10.1 Å². The number of hydrogen-bond donors (Lipinski definition) is 2. The first-order valence-corrected chi connectivity index (χ1v) is 9.22. The van der Waals surface area contributed by atoms with Gasteiger partial charge in [-0.05, 0) is 25.0 Å². The molecule has 2 aromatic rings. The summed E-state index contributed by atoms with van der Waals surface area (Å²) >= 11 is 0. The molecule has 0 atom stereocenters.